The third-order valence-corrected chi connectivity index (χ3v) is 5.57. The van der Waals surface area contributed by atoms with Crippen LogP contribution in [0, 0.1) is 13.8 Å². The molecule has 2 aromatic heterocycles. The number of aromatic nitrogens is 1. The standard InChI is InChI=1S/C18H24N2O3S/c1-13-10-16(14(2)20(13)11-15-4-3-9-24-15)17(21)19-12-18(22)5-7-23-8-6-18/h3-4,9-10,22H,5-8,11-12H2,1-2H3,(H,19,21). The first-order valence-corrected chi connectivity index (χ1v) is 9.14. The van der Waals surface area contributed by atoms with Gasteiger partial charge in [-0.2, -0.15) is 0 Å². The molecule has 1 aliphatic rings. The van der Waals surface area contributed by atoms with Crippen LogP contribution in [0.15, 0.2) is 23.6 Å². The van der Waals surface area contributed by atoms with Gasteiger partial charge in [-0.3, -0.25) is 4.79 Å². The highest BCUT2D eigenvalue weighted by molar-refractivity contribution is 7.09. The molecule has 5 nitrogen and oxygen atoms in total. The lowest BCUT2D eigenvalue weighted by Gasteiger charge is -2.32. The smallest absolute Gasteiger partial charge is 0.253 e. The van der Waals surface area contributed by atoms with Crippen molar-refractivity contribution in [3.8, 4) is 0 Å². The minimum Gasteiger partial charge on any atom is -0.388 e. The maximum Gasteiger partial charge on any atom is 0.253 e. The molecule has 0 atom stereocenters. The Balaban J connectivity index is 1.68. The Kier molecular flexibility index (Phi) is 5.08. The van der Waals surface area contributed by atoms with Crippen LogP contribution in [0.25, 0.3) is 0 Å². The second kappa shape index (κ2) is 7.09. The summed E-state index contributed by atoms with van der Waals surface area (Å²) >= 11 is 1.72. The van der Waals surface area contributed by atoms with Crippen molar-refractivity contribution in [2.75, 3.05) is 19.8 Å². The molecule has 0 saturated carbocycles. The average Bonchev–Trinajstić information content (AvgIpc) is 3.17. The van der Waals surface area contributed by atoms with Gasteiger partial charge in [0.2, 0.25) is 0 Å². The largest absolute Gasteiger partial charge is 0.388 e. The van der Waals surface area contributed by atoms with Crippen molar-refractivity contribution < 1.29 is 14.6 Å². The van der Waals surface area contributed by atoms with Gasteiger partial charge in [-0.15, -0.1) is 11.3 Å². The summed E-state index contributed by atoms with van der Waals surface area (Å²) in [6.45, 7) is 6.12. The van der Waals surface area contributed by atoms with Crippen molar-refractivity contribution in [3.63, 3.8) is 0 Å². The number of nitrogens with zero attached hydrogens (tertiary/aromatic N) is 1. The Bertz CT molecular complexity index is 700. The van der Waals surface area contributed by atoms with Gasteiger partial charge < -0.3 is 19.7 Å². The molecule has 0 aliphatic carbocycles. The van der Waals surface area contributed by atoms with Gasteiger partial charge in [0.15, 0.2) is 0 Å². The van der Waals surface area contributed by atoms with Gasteiger partial charge in [-0.1, -0.05) is 6.07 Å². The van der Waals surface area contributed by atoms with Crippen molar-refractivity contribution in [2.24, 2.45) is 0 Å². The molecule has 2 N–H and O–H groups in total. The molecule has 24 heavy (non-hydrogen) atoms. The lowest BCUT2D eigenvalue weighted by Crippen LogP contribution is -2.46. The number of hydrogen-bond acceptors (Lipinski definition) is 4. The topological polar surface area (TPSA) is 63.5 Å². The summed E-state index contributed by atoms with van der Waals surface area (Å²) < 4.78 is 7.43. The third kappa shape index (κ3) is 3.71. The molecule has 1 saturated heterocycles. The van der Waals surface area contributed by atoms with E-state index in [0.717, 1.165) is 17.9 Å². The molecule has 3 heterocycles. The van der Waals surface area contributed by atoms with E-state index in [0.29, 0.717) is 31.6 Å². The highest BCUT2D eigenvalue weighted by Gasteiger charge is 2.30. The quantitative estimate of drug-likeness (QED) is 0.873. The number of nitrogens with one attached hydrogen (secondary N) is 1. The molecule has 1 aliphatic heterocycles. The molecule has 2 aromatic rings. The number of amides is 1. The molecule has 6 heteroatoms. The summed E-state index contributed by atoms with van der Waals surface area (Å²) in [7, 11) is 0. The highest BCUT2D eigenvalue weighted by atomic mass is 32.1. The summed E-state index contributed by atoms with van der Waals surface area (Å²) in [5.41, 5.74) is 1.85. The maximum atomic E-state index is 12.6. The lowest BCUT2D eigenvalue weighted by atomic mass is 9.94. The van der Waals surface area contributed by atoms with Crippen LogP contribution in [0.4, 0.5) is 0 Å². The second-order valence-electron chi connectivity index (χ2n) is 6.47. The van der Waals surface area contributed by atoms with Crippen LogP contribution in [0.2, 0.25) is 0 Å². The SMILES string of the molecule is Cc1cc(C(=O)NCC2(O)CCOCC2)c(C)n1Cc1cccs1. The molecule has 130 valence electrons. The van der Waals surface area contributed by atoms with E-state index < -0.39 is 5.60 Å². The lowest BCUT2D eigenvalue weighted by molar-refractivity contribution is -0.0605. The van der Waals surface area contributed by atoms with Gasteiger partial charge in [0.05, 0.1) is 17.7 Å². The number of rotatable bonds is 5. The van der Waals surface area contributed by atoms with Crippen LogP contribution >= 0.6 is 11.3 Å². The molecule has 3 rings (SSSR count). The van der Waals surface area contributed by atoms with Crippen LogP contribution in [0.5, 0.6) is 0 Å². The second-order valence-corrected chi connectivity index (χ2v) is 7.50. The zero-order valence-electron chi connectivity index (χ0n) is 14.2. The van der Waals surface area contributed by atoms with Gasteiger partial charge in [0.1, 0.15) is 0 Å². The van der Waals surface area contributed by atoms with Crippen LogP contribution < -0.4 is 5.32 Å². The molecular formula is C18H24N2O3S. The van der Waals surface area contributed by atoms with Gasteiger partial charge in [0.25, 0.3) is 5.91 Å². The van der Waals surface area contributed by atoms with E-state index in [-0.39, 0.29) is 12.5 Å². The summed E-state index contributed by atoms with van der Waals surface area (Å²) in [6, 6.07) is 6.06. The third-order valence-electron chi connectivity index (χ3n) is 4.71. The maximum absolute atomic E-state index is 12.6. The zero-order chi connectivity index (χ0) is 17.2. The Labute approximate surface area is 146 Å². The van der Waals surface area contributed by atoms with Gasteiger partial charge in [0, 0.05) is 48.9 Å². The van der Waals surface area contributed by atoms with Gasteiger partial charge in [-0.05, 0) is 31.4 Å². The van der Waals surface area contributed by atoms with Crippen LogP contribution in [0.1, 0.15) is 39.5 Å². The van der Waals surface area contributed by atoms with E-state index in [9.17, 15) is 9.90 Å². The Morgan fingerprint density at radius 2 is 2.17 bits per heavy atom. The number of carbonyl (C=O) groups excluding carboxylic acids is 1. The van der Waals surface area contributed by atoms with E-state index in [1.165, 1.54) is 4.88 Å². The van der Waals surface area contributed by atoms with Crippen molar-refractivity contribution in [2.45, 2.75) is 38.8 Å². The fourth-order valence-corrected chi connectivity index (χ4v) is 3.79. The summed E-state index contributed by atoms with van der Waals surface area (Å²) in [5, 5.41) is 15.4. The molecule has 1 fully saturated rings. The predicted octanol–water partition coefficient (Wildman–Crippen LogP) is 2.49. The van der Waals surface area contributed by atoms with Crippen LogP contribution in [-0.2, 0) is 11.3 Å². The molecule has 0 aromatic carbocycles. The van der Waals surface area contributed by atoms with Crippen molar-refractivity contribution in [1.82, 2.24) is 9.88 Å². The normalized spacial score (nSPS) is 17.0. The Hall–Kier alpha value is -1.63. The molecule has 0 radical (unpaired) electrons. The molecule has 1 amide bonds. The number of carbonyl (C=O) groups is 1. The molecule has 0 bridgehead atoms. The fraction of sp³-hybridized carbons (Fsp3) is 0.500. The van der Waals surface area contributed by atoms with E-state index >= 15 is 0 Å². The van der Waals surface area contributed by atoms with Crippen LogP contribution in [0.3, 0.4) is 0 Å². The number of aryl methyl sites for hydroxylation is 1. The molecule has 0 unspecified atom stereocenters. The fourth-order valence-electron chi connectivity index (χ4n) is 3.10. The average molecular weight is 348 g/mol. The van der Waals surface area contributed by atoms with E-state index in [1.807, 2.05) is 26.0 Å². The van der Waals surface area contributed by atoms with E-state index in [1.54, 1.807) is 11.3 Å². The van der Waals surface area contributed by atoms with Crippen LogP contribution in [-0.4, -0.2) is 40.9 Å². The first-order valence-electron chi connectivity index (χ1n) is 8.26. The van der Waals surface area contributed by atoms with Crippen molar-refractivity contribution in [1.29, 1.82) is 0 Å². The Morgan fingerprint density at radius 3 is 2.83 bits per heavy atom. The highest BCUT2D eigenvalue weighted by Crippen LogP contribution is 2.21. The van der Waals surface area contributed by atoms with Gasteiger partial charge >= 0.3 is 0 Å². The predicted molar refractivity (Wildman–Crippen MR) is 94.7 cm³/mol. The van der Waals surface area contributed by atoms with Crippen molar-refractivity contribution >= 4 is 17.2 Å². The summed E-state index contributed by atoms with van der Waals surface area (Å²) in [5.74, 6) is -0.125. The molecular weight excluding hydrogens is 324 g/mol. The van der Waals surface area contributed by atoms with Gasteiger partial charge in [-0.25, -0.2) is 0 Å². The minimum atomic E-state index is -0.851. The van der Waals surface area contributed by atoms with Crippen molar-refractivity contribution in [3.05, 3.63) is 45.4 Å². The van der Waals surface area contributed by atoms with E-state index in [4.69, 9.17) is 4.74 Å². The zero-order valence-corrected chi connectivity index (χ0v) is 15.0. The summed E-state index contributed by atoms with van der Waals surface area (Å²) in [4.78, 5) is 13.8. The number of ether oxygens (including phenoxy) is 1. The number of thiophene rings is 1. The first-order chi connectivity index (χ1) is 11.5. The number of aliphatic hydroxyl groups is 1. The Morgan fingerprint density at radius 1 is 1.42 bits per heavy atom. The molecule has 0 spiro atoms. The minimum absolute atomic E-state index is 0.125. The van der Waals surface area contributed by atoms with E-state index in [2.05, 4.69) is 21.3 Å². The number of hydrogen-bond donors (Lipinski definition) is 2. The summed E-state index contributed by atoms with van der Waals surface area (Å²) in [6.07, 6.45) is 1.12. The first kappa shape index (κ1) is 17.2. The monoisotopic (exact) mass is 348 g/mol.